The van der Waals surface area contributed by atoms with Crippen LogP contribution in [0, 0.1) is 13.8 Å². The molecule has 3 aromatic carbocycles. The van der Waals surface area contributed by atoms with Gasteiger partial charge in [0, 0.05) is 17.7 Å². The van der Waals surface area contributed by atoms with Gasteiger partial charge in [0.2, 0.25) is 0 Å². The van der Waals surface area contributed by atoms with Crippen molar-refractivity contribution in [2.45, 2.75) is 46.5 Å². The van der Waals surface area contributed by atoms with E-state index in [1.807, 2.05) is 44.2 Å². The van der Waals surface area contributed by atoms with Crippen molar-refractivity contribution in [3.05, 3.63) is 87.4 Å². The van der Waals surface area contributed by atoms with Crippen molar-refractivity contribution in [2.24, 2.45) is 0 Å². The van der Waals surface area contributed by atoms with E-state index in [1.165, 1.54) is 5.56 Å². The highest BCUT2D eigenvalue weighted by molar-refractivity contribution is 9.10. The number of esters is 1. The van der Waals surface area contributed by atoms with Crippen molar-refractivity contribution in [1.29, 1.82) is 0 Å². The van der Waals surface area contributed by atoms with Gasteiger partial charge < -0.3 is 14.8 Å². The van der Waals surface area contributed by atoms with Gasteiger partial charge in [-0.3, -0.25) is 9.59 Å². The van der Waals surface area contributed by atoms with Crippen LogP contribution in [-0.4, -0.2) is 18.5 Å². The summed E-state index contributed by atoms with van der Waals surface area (Å²) in [6.07, 6.45) is 0.768. The summed E-state index contributed by atoms with van der Waals surface area (Å²) in [7, 11) is 0. The predicted octanol–water partition coefficient (Wildman–Crippen LogP) is 7.21. The van der Waals surface area contributed by atoms with Crippen LogP contribution in [0.25, 0.3) is 0 Å². The number of rotatable bonds is 9. The molecular weight excluding hydrogens is 494 g/mol. The fraction of sp³-hybridized carbons (Fsp3) is 0.286. The van der Waals surface area contributed by atoms with Gasteiger partial charge in [0.25, 0.3) is 5.91 Å². The van der Waals surface area contributed by atoms with E-state index in [2.05, 4.69) is 41.2 Å². The third kappa shape index (κ3) is 7.19. The maximum atomic E-state index is 12.5. The second-order valence-electron chi connectivity index (χ2n) is 8.57. The Bertz CT molecular complexity index is 1160. The van der Waals surface area contributed by atoms with Crippen molar-refractivity contribution in [3.63, 3.8) is 0 Å². The number of carbonyl (C=O) groups is 2. The fourth-order valence-corrected chi connectivity index (χ4v) is 3.91. The van der Waals surface area contributed by atoms with E-state index >= 15 is 0 Å². The lowest BCUT2D eigenvalue weighted by Crippen LogP contribution is -2.13. The first-order chi connectivity index (χ1) is 16.2. The number of amides is 1. The SMILES string of the molecule is Cc1ccc(NC(=O)c2ccc(OC(=O)CCCOc3ccc(C(C)C)cc3Br)cc2)c(C)c1. The number of hydrogen-bond acceptors (Lipinski definition) is 4. The van der Waals surface area contributed by atoms with Crippen LogP contribution in [0.4, 0.5) is 5.69 Å². The first kappa shape index (κ1) is 25.5. The summed E-state index contributed by atoms with van der Waals surface area (Å²) in [5, 5.41) is 2.91. The number of aryl methyl sites for hydroxylation is 2. The van der Waals surface area contributed by atoms with E-state index in [1.54, 1.807) is 24.3 Å². The highest BCUT2D eigenvalue weighted by Crippen LogP contribution is 2.29. The summed E-state index contributed by atoms with van der Waals surface area (Å²) < 4.78 is 12.1. The Labute approximate surface area is 209 Å². The average Bonchev–Trinajstić information content (AvgIpc) is 2.79. The van der Waals surface area contributed by atoms with Gasteiger partial charge in [-0.25, -0.2) is 0 Å². The first-order valence-electron chi connectivity index (χ1n) is 11.3. The van der Waals surface area contributed by atoms with Gasteiger partial charge in [-0.2, -0.15) is 0 Å². The zero-order valence-corrected chi connectivity index (χ0v) is 21.6. The molecule has 5 nitrogen and oxygen atoms in total. The normalized spacial score (nSPS) is 10.8. The molecule has 0 saturated heterocycles. The van der Waals surface area contributed by atoms with Crippen molar-refractivity contribution in [2.75, 3.05) is 11.9 Å². The minimum absolute atomic E-state index is 0.213. The van der Waals surface area contributed by atoms with E-state index in [4.69, 9.17) is 9.47 Å². The second kappa shape index (κ2) is 11.8. The van der Waals surface area contributed by atoms with Crippen LogP contribution in [0.2, 0.25) is 0 Å². The molecule has 0 aliphatic carbocycles. The standard InChI is InChI=1S/C28H30BrNO4/c1-18(2)22-10-14-26(24(29)17-22)33-15-5-6-27(31)34-23-11-8-21(9-12-23)28(32)30-25-13-7-19(3)16-20(25)4/h7-14,16-18H,5-6,15H2,1-4H3,(H,30,32). The summed E-state index contributed by atoms with van der Waals surface area (Å²) in [4.78, 5) is 24.7. The third-order valence-corrected chi connectivity index (χ3v) is 6.00. The second-order valence-corrected chi connectivity index (χ2v) is 9.42. The molecule has 1 N–H and O–H groups in total. The molecule has 0 aromatic heterocycles. The molecule has 0 bridgehead atoms. The molecule has 0 unspecified atom stereocenters. The summed E-state index contributed by atoms with van der Waals surface area (Å²) >= 11 is 3.54. The molecule has 0 radical (unpaired) electrons. The molecule has 0 spiro atoms. The van der Waals surface area contributed by atoms with Crippen LogP contribution >= 0.6 is 15.9 Å². The Balaban J connectivity index is 1.44. The van der Waals surface area contributed by atoms with Crippen molar-refractivity contribution in [1.82, 2.24) is 0 Å². The summed E-state index contributed by atoms with van der Waals surface area (Å²) in [6, 6.07) is 18.4. The number of anilines is 1. The van der Waals surface area contributed by atoms with Gasteiger partial charge in [0.05, 0.1) is 11.1 Å². The number of carbonyl (C=O) groups excluding carboxylic acids is 2. The van der Waals surface area contributed by atoms with Crippen LogP contribution in [0.15, 0.2) is 65.1 Å². The zero-order chi connectivity index (χ0) is 24.7. The average molecular weight is 524 g/mol. The lowest BCUT2D eigenvalue weighted by Gasteiger charge is -2.11. The van der Waals surface area contributed by atoms with E-state index in [0.29, 0.717) is 30.3 Å². The van der Waals surface area contributed by atoms with E-state index in [0.717, 1.165) is 27.0 Å². The monoisotopic (exact) mass is 523 g/mol. The highest BCUT2D eigenvalue weighted by atomic mass is 79.9. The maximum absolute atomic E-state index is 12.5. The van der Waals surface area contributed by atoms with Crippen LogP contribution in [0.5, 0.6) is 11.5 Å². The van der Waals surface area contributed by atoms with Crippen LogP contribution < -0.4 is 14.8 Å². The van der Waals surface area contributed by atoms with Gasteiger partial charge in [-0.1, -0.05) is 37.6 Å². The van der Waals surface area contributed by atoms with Gasteiger partial charge in [0.15, 0.2) is 0 Å². The largest absolute Gasteiger partial charge is 0.492 e. The van der Waals surface area contributed by atoms with E-state index < -0.39 is 0 Å². The highest BCUT2D eigenvalue weighted by Gasteiger charge is 2.11. The molecule has 3 aromatic rings. The summed E-state index contributed by atoms with van der Waals surface area (Å²) in [5.74, 6) is 1.05. The maximum Gasteiger partial charge on any atom is 0.311 e. The zero-order valence-electron chi connectivity index (χ0n) is 20.0. The van der Waals surface area contributed by atoms with Crippen LogP contribution in [0.1, 0.15) is 59.7 Å². The van der Waals surface area contributed by atoms with Crippen molar-refractivity contribution in [3.8, 4) is 11.5 Å². The Hall–Kier alpha value is -3.12. The van der Waals surface area contributed by atoms with Gasteiger partial charge >= 0.3 is 5.97 Å². The first-order valence-corrected chi connectivity index (χ1v) is 12.1. The van der Waals surface area contributed by atoms with Crippen LogP contribution in [-0.2, 0) is 4.79 Å². The molecule has 0 saturated carbocycles. The minimum Gasteiger partial charge on any atom is -0.492 e. The lowest BCUT2D eigenvalue weighted by atomic mass is 10.0. The number of nitrogens with one attached hydrogen (secondary N) is 1. The van der Waals surface area contributed by atoms with Gasteiger partial charge in [-0.05, 0) is 95.7 Å². The molecule has 0 fully saturated rings. The molecule has 6 heteroatoms. The van der Waals surface area contributed by atoms with E-state index in [-0.39, 0.29) is 18.3 Å². The molecular formula is C28H30BrNO4. The molecule has 0 aliphatic rings. The lowest BCUT2D eigenvalue weighted by molar-refractivity contribution is -0.134. The van der Waals surface area contributed by atoms with Gasteiger partial charge in [0.1, 0.15) is 11.5 Å². The van der Waals surface area contributed by atoms with Crippen molar-refractivity contribution >= 4 is 33.5 Å². The van der Waals surface area contributed by atoms with Crippen molar-refractivity contribution < 1.29 is 19.1 Å². The predicted molar refractivity (Wildman–Crippen MR) is 139 cm³/mol. The molecule has 0 atom stereocenters. The summed E-state index contributed by atoms with van der Waals surface area (Å²) in [6.45, 7) is 8.66. The Morgan fingerprint density at radius 2 is 1.71 bits per heavy atom. The Morgan fingerprint density at radius 3 is 2.35 bits per heavy atom. The molecule has 1 amide bonds. The number of benzene rings is 3. The quantitative estimate of drug-likeness (QED) is 0.183. The molecule has 34 heavy (non-hydrogen) atoms. The Kier molecular flexibility index (Phi) is 8.88. The molecule has 178 valence electrons. The topological polar surface area (TPSA) is 64.6 Å². The number of halogens is 1. The Morgan fingerprint density at radius 1 is 0.971 bits per heavy atom. The number of ether oxygens (including phenoxy) is 2. The molecule has 3 rings (SSSR count). The van der Waals surface area contributed by atoms with E-state index in [9.17, 15) is 9.59 Å². The van der Waals surface area contributed by atoms with Gasteiger partial charge in [-0.15, -0.1) is 0 Å². The fourth-order valence-electron chi connectivity index (χ4n) is 3.40. The summed E-state index contributed by atoms with van der Waals surface area (Å²) in [5.41, 5.74) is 4.64. The number of hydrogen-bond donors (Lipinski definition) is 1. The molecule has 0 aliphatic heterocycles. The van der Waals surface area contributed by atoms with Crippen LogP contribution in [0.3, 0.4) is 0 Å². The molecule has 0 heterocycles. The minimum atomic E-state index is -0.342. The third-order valence-electron chi connectivity index (χ3n) is 5.38. The smallest absolute Gasteiger partial charge is 0.311 e.